The standard InChI is InChI=1S/C22H32N4O8Si/c1-14(34-35(5,6)22(2,3)4)18-20(27)25-19(16(11-23(18)25)12-24(29)30)21(28)33-13-15-7-9-17(10-8-15)26(31)32/h7-10,14,16,18-19H,11-13H2,1-6H3/t14-,16+,18+,19+/m1/s1. The van der Waals surface area contributed by atoms with E-state index in [0.29, 0.717) is 5.56 Å². The third kappa shape index (κ3) is 5.36. The Morgan fingerprint density at radius 3 is 2.31 bits per heavy atom. The maximum Gasteiger partial charge on any atom is 0.331 e. The highest BCUT2D eigenvalue weighted by molar-refractivity contribution is 6.74. The van der Waals surface area contributed by atoms with Crippen molar-refractivity contribution in [1.82, 2.24) is 10.0 Å². The van der Waals surface area contributed by atoms with Crippen LogP contribution in [0.3, 0.4) is 0 Å². The van der Waals surface area contributed by atoms with E-state index >= 15 is 0 Å². The third-order valence-electron chi connectivity index (χ3n) is 7.09. The number of nitro groups is 2. The Morgan fingerprint density at radius 1 is 1.20 bits per heavy atom. The lowest BCUT2D eigenvalue weighted by molar-refractivity contribution is -0.487. The number of carbonyl (C=O) groups is 2. The predicted molar refractivity (Wildman–Crippen MR) is 127 cm³/mol. The summed E-state index contributed by atoms with van der Waals surface area (Å²) in [5, 5.41) is 25.0. The van der Waals surface area contributed by atoms with Crippen LogP contribution in [0.25, 0.3) is 0 Å². The molecule has 35 heavy (non-hydrogen) atoms. The number of hydrogen-bond acceptors (Lipinski definition) is 9. The molecule has 4 atom stereocenters. The van der Waals surface area contributed by atoms with Gasteiger partial charge in [-0.1, -0.05) is 20.8 Å². The first-order valence-corrected chi connectivity index (χ1v) is 14.3. The van der Waals surface area contributed by atoms with Crippen LogP contribution >= 0.6 is 0 Å². The largest absolute Gasteiger partial charge is 0.459 e. The van der Waals surface area contributed by atoms with Crippen LogP contribution in [-0.2, 0) is 25.4 Å². The second-order valence-electron chi connectivity index (χ2n) is 10.6. The normalized spacial score (nSPS) is 23.4. The van der Waals surface area contributed by atoms with Gasteiger partial charge in [0.05, 0.1) is 16.9 Å². The summed E-state index contributed by atoms with van der Waals surface area (Å²) in [7, 11) is -2.17. The molecule has 2 heterocycles. The summed E-state index contributed by atoms with van der Waals surface area (Å²) >= 11 is 0. The minimum Gasteiger partial charge on any atom is -0.459 e. The molecule has 0 spiro atoms. The molecule has 0 aliphatic carbocycles. The number of esters is 1. The molecule has 2 aliphatic heterocycles. The third-order valence-corrected chi connectivity index (χ3v) is 11.7. The zero-order valence-corrected chi connectivity index (χ0v) is 21.8. The van der Waals surface area contributed by atoms with Crippen LogP contribution in [0.2, 0.25) is 18.1 Å². The number of fused-ring (bicyclic) bond motifs is 1. The first-order valence-electron chi connectivity index (χ1n) is 11.4. The quantitative estimate of drug-likeness (QED) is 0.213. The Bertz CT molecular complexity index is 1010. The molecule has 0 N–H and O–H groups in total. The van der Waals surface area contributed by atoms with E-state index in [4.69, 9.17) is 9.16 Å². The topological polar surface area (TPSA) is 145 Å². The van der Waals surface area contributed by atoms with Crippen molar-refractivity contribution in [2.45, 2.75) is 70.6 Å². The van der Waals surface area contributed by atoms with Crippen LogP contribution in [0.1, 0.15) is 33.3 Å². The monoisotopic (exact) mass is 508 g/mol. The molecule has 192 valence electrons. The van der Waals surface area contributed by atoms with E-state index in [1.807, 2.05) is 6.92 Å². The maximum atomic E-state index is 13.1. The Balaban J connectivity index is 1.72. The molecular formula is C22H32N4O8Si. The van der Waals surface area contributed by atoms with Gasteiger partial charge in [0.25, 0.3) is 11.6 Å². The van der Waals surface area contributed by atoms with Gasteiger partial charge in [-0.3, -0.25) is 30.0 Å². The second kappa shape index (κ2) is 9.63. The van der Waals surface area contributed by atoms with Gasteiger partial charge in [-0.25, -0.2) is 9.80 Å². The van der Waals surface area contributed by atoms with E-state index in [1.54, 1.807) is 5.01 Å². The van der Waals surface area contributed by atoms with E-state index < -0.39 is 54.8 Å². The first kappa shape index (κ1) is 26.7. The van der Waals surface area contributed by atoms with Gasteiger partial charge < -0.3 is 9.16 Å². The summed E-state index contributed by atoms with van der Waals surface area (Å²) < 4.78 is 11.8. The average molecular weight is 509 g/mol. The molecule has 12 nitrogen and oxygen atoms in total. The van der Waals surface area contributed by atoms with Gasteiger partial charge in [0.1, 0.15) is 12.6 Å². The Kier molecular flexibility index (Phi) is 7.34. The Morgan fingerprint density at radius 2 is 1.80 bits per heavy atom. The summed E-state index contributed by atoms with van der Waals surface area (Å²) in [5.41, 5.74) is 0.428. The fraction of sp³-hybridized carbons (Fsp3) is 0.636. The van der Waals surface area contributed by atoms with Crippen LogP contribution in [-0.4, -0.2) is 71.3 Å². The number of rotatable bonds is 9. The number of carbonyl (C=O) groups excluding carboxylic acids is 2. The molecule has 13 heteroatoms. The number of ether oxygens (including phenoxy) is 1. The van der Waals surface area contributed by atoms with Crippen LogP contribution in [0.15, 0.2) is 24.3 Å². The molecule has 1 aromatic carbocycles. The van der Waals surface area contributed by atoms with E-state index in [2.05, 4.69) is 33.9 Å². The van der Waals surface area contributed by atoms with Crippen molar-refractivity contribution in [2.75, 3.05) is 13.1 Å². The predicted octanol–water partition coefficient (Wildman–Crippen LogP) is 2.75. The molecule has 2 aliphatic rings. The molecule has 2 saturated heterocycles. The van der Waals surface area contributed by atoms with Gasteiger partial charge >= 0.3 is 5.97 Å². The van der Waals surface area contributed by atoms with Crippen LogP contribution in [0.4, 0.5) is 5.69 Å². The number of nitro benzene ring substituents is 1. The lowest BCUT2D eigenvalue weighted by atomic mass is 10.0. The SMILES string of the molecule is C[C@@H](O[Si](C)(C)C(C)(C)C)[C@H]1C(=O)N2[C@H](C(=O)OCc3ccc([N+](=O)[O-])cc3)[C@H](C[N+](=O)[O-])CN12. The summed E-state index contributed by atoms with van der Waals surface area (Å²) in [6.07, 6.45) is -0.439. The van der Waals surface area contributed by atoms with Crippen molar-refractivity contribution in [2.24, 2.45) is 5.92 Å². The number of hydrazine groups is 1. The summed E-state index contributed by atoms with van der Waals surface area (Å²) in [5.74, 6) is -1.80. The second-order valence-corrected chi connectivity index (χ2v) is 15.3. The summed E-state index contributed by atoms with van der Waals surface area (Å²) in [6, 6.07) is 3.79. The molecule has 0 aromatic heterocycles. The van der Waals surface area contributed by atoms with Gasteiger partial charge in [0.2, 0.25) is 6.54 Å². The van der Waals surface area contributed by atoms with E-state index in [-0.39, 0.29) is 29.8 Å². The first-order chi connectivity index (χ1) is 16.1. The summed E-state index contributed by atoms with van der Waals surface area (Å²) in [6.45, 7) is 11.8. The van der Waals surface area contributed by atoms with Crippen molar-refractivity contribution in [3.8, 4) is 0 Å². The van der Waals surface area contributed by atoms with Gasteiger partial charge in [0, 0.05) is 23.6 Å². The van der Waals surface area contributed by atoms with E-state index in [1.165, 1.54) is 29.3 Å². The van der Waals surface area contributed by atoms with Gasteiger partial charge in [-0.15, -0.1) is 0 Å². The lowest BCUT2D eigenvalue weighted by Crippen LogP contribution is -2.72. The van der Waals surface area contributed by atoms with Gasteiger partial charge in [-0.2, -0.15) is 0 Å². The highest BCUT2D eigenvalue weighted by atomic mass is 28.4. The number of benzene rings is 1. The Labute approximate surface area is 204 Å². The highest BCUT2D eigenvalue weighted by Gasteiger charge is 2.62. The smallest absolute Gasteiger partial charge is 0.331 e. The molecule has 3 rings (SSSR count). The molecule has 2 fully saturated rings. The summed E-state index contributed by atoms with van der Waals surface area (Å²) in [4.78, 5) is 47.1. The zero-order chi connectivity index (χ0) is 26.3. The zero-order valence-electron chi connectivity index (χ0n) is 20.8. The molecule has 1 aromatic rings. The molecule has 0 unspecified atom stereocenters. The van der Waals surface area contributed by atoms with Crippen molar-refractivity contribution >= 4 is 25.9 Å². The van der Waals surface area contributed by atoms with E-state index in [0.717, 1.165) is 0 Å². The minimum absolute atomic E-state index is 0.0584. The Hall–Kier alpha value is -2.90. The van der Waals surface area contributed by atoms with Crippen LogP contribution in [0.5, 0.6) is 0 Å². The van der Waals surface area contributed by atoms with Crippen molar-refractivity contribution in [1.29, 1.82) is 0 Å². The maximum absolute atomic E-state index is 13.1. The van der Waals surface area contributed by atoms with Gasteiger partial charge in [-0.05, 0) is 42.8 Å². The van der Waals surface area contributed by atoms with Crippen molar-refractivity contribution in [3.05, 3.63) is 50.1 Å². The fourth-order valence-corrected chi connectivity index (χ4v) is 5.66. The molecule has 0 bridgehead atoms. The van der Waals surface area contributed by atoms with Crippen molar-refractivity contribution < 1.29 is 28.6 Å². The molecule has 0 radical (unpaired) electrons. The van der Waals surface area contributed by atoms with Crippen LogP contribution in [0, 0.1) is 26.1 Å². The number of nitrogens with zero attached hydrogens (tertiary/aromatic N) is 4. The minimum atomic E-state index is -2.17. The average Bonchev–Trinajstić information content (AvgIpc) is 3.04. The molecule has 1 amide bonds. The number of hydrogen-bond donors (Lipinski definition) is 0. The number of non-ortho nitro benzene ring substituents is 1. The lowest BCUT2D eigenvalue weighted by Gasteiger charge is -2.51. The highest BCUT2D eigenvalue weighted by Crippen LogP contribution is 2.41. The number of amides is 1. The fourth-order valence-electron chi connectivity index (χ4n) is 4.25. The van der Waals surface area contributed by atoms with Crippen LogP contribution < -0.4 is 0 Å². The molecular weight excluding hydrogens is 476 g/mol. The van der Waals surface area contributed by atoms with Gasteiger partial charge in [0.15, 0.2) is 14.4 Å². The molecule has 0 saturated carbocycles. The van der Waals surface area contributed by atoms with Crippen molar-refractivity contribution in [3.63, 3.8) is 0 Å². The van der Waals surface area contributed by atoms with E-state index in [9.17, 15) is 29.8 Å².